The van der Waals surface area contributed by atoms with Gasteiger partial charge in [0.15, 0.2) is 9.84 Å². The summed E-state index contributed by atoms with van der Waals surface area (Å²) in [4.78, 5) is 12.5. The number of methoxy groups -OCH3 is 2. The Morgan fingerprint density at radius 3 is 2.52 bits per heavy atom. The average Bonchev–Trinajstić information content (AvgIpc) is 3.22. The molecule has 1 aliphatic carbocycles. The van der Waals surface area contributed by atoms with Gasteiger partial charge in [0.25, 0.3) is 0 Å². The highest BCUT2D eigenvalue weighted by atomic mass is 32.2. The van der Waals surface area contributed by atoms with Gasteiger partial charge in [0.1, 0.15) is 11.3 Å². The molecule has 0 spiro atoms. The zero-order valence-corrected chi connectivity index (χ0v) is 16.6. The minimum absolute atomic E-state index is 0.0487. The van der Waals surface area contributed by atoms with Gasteiger partial charge >= 0.3 is 5.97 Å². The van der Waals surface area contributed by atoms with Crippen LogP contribution in [0.25, 0.3) is 0 Å². The van der Waals surface area contributed by atoms with Crippen LogP contribution < -0.4 is 4.74 Å². The van der Waals surface area contributed by atoms with Gasteiger partial charge in [0.05, 0.1) is 38.1 Å². The zero-order valence-electron chi connectivity index (χ0n) is 15.8. The molecule has 148 valence electrons. The SMILES string of the molecule is COC(=O)c1c(CS(=O)(=O)C2CCCCC2)ccc(C2C=COC2)c1OC. The van der Waals surface area contributed by atoms with Crippen molar-refractivity contribution in [2.24, 2.45) is 0 Å². The lowest BCUT2D eigenvalue weighted by Crippen LogP contribution is -2.26. The fourth-order valence-electron chi connectivity index (χ4n) is 3.92. The Labute approximate surface area is 160 Å². The maximum Gasteiger partial charge on any atom is 0.341 e. The molecule has 1 aromatic rings. The van der Waals surface area contributed by atoms with E-state index >= 15 is 0 Å². The van der Waals surface area contributed by atoms with E-state index in [1.54, 1.807) is 12.3 Å². The Kier molecular flexibility index (Phi) is 6.09. The molecule has 2 aliphatic rings. The van der Waals surface area contributed by atoms with Crippen molar-refractivity contribution in [2.75, 3.05) is 20.8 Å². The van der Waals surface area contributed by atoms with Crippen LogP contribution in [0.3, 0.4) is 0 Å². The summed E-state index contributed by atoms with van der Waals surface area (Å²) in [5.41, 5.74) is 1.40. The fraction of sp³-hybridized carbons (Fsp3) is 0.550. The Morgan fingerprint density at radius 2 is 1.93 bits per heavy atom. The van der Waals surface area contributed by atoms with Crippen molar-refractivity contribution in [3.05, 3.63) is 41.2 Å². The van der Waals surface area contributed by atoms with Gasteiger partial charge < -0.3 is 14.2 Å². The van der Waals surface area contributed by atoms with E-state index in [9.17, 15) is 13.2 Å². The van der Waals surface area contributed by atoms with Crippen molar-refractivity contribution in [3.8, 4) is 5.75 Å². The van der Waals surface area contributed by atoms with E-state index in [4.69, 9.17) is 14.2 Å². The third kappa shape index (κ3) is 4.13. The summed E-state index contributed by atoms with van der Waals surface area (Å²) in [6.45, 7) is 0.455. The van der Waals surface area contributed by atoms with Crippen molar-refractivity contribution < 1.29 is 27.4 Å². The molecule has 0 radical (unpaired) electrons. The summed E-state index contributed by atoms with van der Waals surface area (Å²) in [6.07, 6.45) is 7.83. The van der Waals surface area contributed by atoms with Crippen molar-refractivity contribution in [1.29, 1.82) is 0 Å². The molecule has 1 aromatic carbocycles. The molecule has 1 fully saturated rings. The maximum atomic E-state index is 12.9. The van der Waals surface area contributed by atoms with Gasteiger partial charge in [-0.05, 0) is 24.5 Å². The molecular weight excluding hydrogens is 368 g/mol. The van der Waals surface area contributed by atoms with E-state index in [0.29, 0.717) is 30.8 Å². The molecule has 3 rings (SSSR count). The molecule has 0 aromatic heterocycles. The van der Waals surface area contributed by atoms with Crippen molar-refractivity contribution in [3.63, 3.8) is 0 Å². The van der Waals surface area contributed by atoms with Crippen LogP contribution in [0, 0.1) is 0 Å². The minimum Gasteiger partial charge on any atom is -0.501 e. The first-order chi connectivity index (χ1) is 13.0. The third-order valence-corrected chi connectivity index (χ3v) is 7.57. The molecule has 0 N–H and O–H groups in total. The van der Waals surface area contributed by atoms with Crippen LogP contribution in [0.2, 0.25) is 0 Å². The van der Waals surface area contributed by atoms with Gasteiger partial charge in [-0.15, -0.1) is 0 Å². The standard InChI is InChI=1S/C20H26O6S/c1-24-19-17(14-10-11-26-12-14)9-8-15(18(19)20(21)25-2)13-27(22,23)16-6-4-3-5-7-16/h8-11,14,16H,3-7,12-13H2,1-2H3. The summed E-state index contributed by atoms with van der Waals surface area (Å²) >= 11 is 0. The number of benzene rings is 1. The lowest BCUT2D eigenvalue weighted by Gasteiger charge is -2.23. The highest BCUT2D eigenvalue weighted by Crippen LogP contribution is 2.37. The topological polar surface area (TPSA) is 78.9 Å². The Morgan fingerprint density at radius 1 is 1.19 bits per heavy atom. The minimum atomic E-state index is -3.36. The number of rotatable bonds is 6. The van der Waals surface area contributed by atoms with Crippen LogP contribution in [0.4, 0.5) is 0 Å². The Bertz CT molecular complexity index is 821. The second-order valence-corrected chi connectivity index (χ2v) is 9.33. The number of hydrogen-bond acceptors (Lipinski definition) is 6. The molecule has 27 heavy (non-hydrogen) atoms. The average molecular weight is 394 g/mol. The first-order valence-electron chi connectivity index (χ1n) is 9.26. The van der Waals surface area contributed by atoms with Gasteiger partial charge in [-0.25, -0.2) is 13.2 Å². The number of sulfone groups is 1. The molecule has 6 nitrogen and oxygen atoms in total. The monoisotopic (exact) mass is 394 g/mol. The second-order valence-electron chi connectivity index (χ2n) is 7.05. The molecule has 1 aliphatic heterocycles. The lowest BCUT2D eigenvalue weighted by molar-refractivity contribution is 0.0595. The van der Waals surface area contributed by atoms with Crippen LogP contribution in [0.1, 0.15) is 59.5 Å². The molecule has 1 atom stereocenters. The summed E-state index contributed by atoms with van der Waals surface area (Å²) < 4.78 is 41.6. The molecule has 1 heterocycles. The molecule has 1 unspecified atom stereocenters. The summed E-state index contributed by atoms with van der Waals surface area (Å²) in [6, 6.07) is 3.53. The number of carbonyl (C=O) groups excluding carboxylic acids is 1. The molecule has 7 heteroatoms. The maximum absolute atomic E-state index is 12.9. The first-order valence-corrected chi connectivity index (χ1v) is 11.0. The van der Waals surface area contributed by atoms with Crippen LogP contribution in [-0.2, 0) is 25.1 Å². The predicted molar refractivity (Wildman–Crippen MR) is 102 cm³/mol. The highest BCUT2D eigenvalue weighted by molar-refractivity contribution is 7.91. The summed E-state index contributed by atoms with van der Waals surface area (Å²) in [7, 11) is -0.599. The first kappa shape index (κ1) is 19.7. The van der Waals surface area contributed by atoms with E-state index < -0.39 is 15.8 Å². The van der Waals surface area contributed by atoms with Crippen LogP contribution >= 0.6 is 0 Å². The largest absolute Gasteiger partial charge is 0.501 e. The third-order valence-electron chi connectivity index (χ3n) is 5.37. The molecule has 1 saturated carbocycles. The van der Waals surface area contributed by atoms with Crippen LogP contribution in [0.15, 0.2) is 24.5 Å². The lowest BCUT2D eigenvalue weighted by atomic mass is 9.94. The number of carbonyl (C=O) groups is 1. The van der Waals surface area contributed by atoms with Crippen molar-refractivity contribution >= 4 is 15.8 Å². The molecular formula is C20H26O6S. The van der Waals surface area contributed by atoms with Gasteiger partial charge in [-0.2, -0.15) is 0 Å². The predicted octanol–water partition coefficient (Wildman–Crippen LogP) is 3.36. The van der Waals surface area contributed by atoms with Crippen LogP contribution in [-0.4, -0.2) is 40.5 Å². The van der Waals surface area contributed by atoms with E-state index in [1.807, 2.05) is 12.1 Å². The molecule has 0 bridgehead atoms. The van der Waals surface area contributed by atoms with E-state index in [1.165, 1.54) is 14.2 Å². The summed E-state index contributed by atoms with van der Waals surface area (Å²) in [5.74, 6) is -0.466. The fourth-order valence-corrected chi connectivity index (χ4v) is 5.88. The zero-order chi connectivity index (χ0) is 19.4. The highest BCUT2D eigenvalue weighted by Gasteiger charge is 2.32. The van der Waals surface area contributed by atoms with Crippen molar-refractivity contribution in [1.82, 2.24) is 0 Å². The molecule has 0 amide bonds. The quantitative estimate of drug-likeness (QED) is 0.689. The van der Waals surface area contributed by atoms with Crippen LogP contribution in [0.5, 0.6) is 5.75 Å². The number of hydrogen-bond donors (Lipinski definition) is 0. The van der Waals surface area contributed by atoms with Crippen molar-refractivity contribution in [2.45, 2.75) is 49.0 Å². The van der Waals surface area contributed by atoms with E-state index in [0.717, 1.165) is 24.8 Å². The Balaban J connectivity index is 2.01. The molecule has 0 saturated heterocycles. The van der Waals surface area contributed by atoms with Gasteiger partial charge in [-0.1, -0.05) is 31.4 Å². The van der Waals surface area contributed by atoms with Gasteiger partial charge in [-0.3, -0.25) is 0 Å². The van der Waals surface area contributed by atoms with E-state index in [-0.39, 0.29) is 22.5 Å². The smallest absolute Gasteiger partial charge is 0.341 e. The Hall–Kier alpha value is -2.02. The van der Waals surface area contributed by atoms with Gasteiger partial charge in [0, 0.05) is 11.5 Å². The van der Waals surface area contributed by atoms with E-state index in [2.05, 4.69) is 0 Å². The second kappa shape index (κ2) is 8.33. The number of esters is 1. The van der Waals surface area contributed by atoms with Gasteiger partial charge in [0.2, 0.25) is 0 Å². The normalized spacial score (nSPS) is 20.3. The summed E-state index contributed by atoms with van der Waals surface area (Å²) in [5, 5.41) is -0.339. The number of ether oxygens (including phenoxy) is 3.